The van der Waals surface area contributed by atoms with Crippen molar-refractivity contribution in [1.29, 1.82) is 0 Å². The highest BCUT2D eigenvalue weighted by atomic mass is 35.5. The quantitative estimate of drug-likeness (QED) is 0.822. The van der Waals surface area contributed by atoms with E-state index in [1.165, 1.54) is 5.56 Å². The molecule has 1 N–H and O–H groups in total. The second-order valence-electron chi connectivity index (χ2n) is 5.85. The smallest absolute Gasteiger partial charge is 0.0438 e. The van der Waals surface area contributed by atoms with Crippen LogP contribution in [0.25, 0.3) is 0 Å². The van der Waals surface area contributed by atoms with Gasteiger partial charge in [0.15, 0.2) is 0 Å². The fourth-order valence-corrected chi connectivity index (χ4v) is 2.30. The lowest BCUT2D eigenvalue weighted by Crippen LogP contribution is -2.56. The van der Waals surface area contributed by atoms with E-state index in [0.29, 0.717) is 6.04 Å². The van der Waals surface area contributed by atoms with Crippen LogP contribution < -0.4 is 5.32 Å². The SMILES string of the molecule is CCCNC(Cc1ccccc1Cl)C(C)(C)N(C)C. The maximum Gasteiger partial charge on any atom is 0.0438 e. The average Bonchev–Trinajstić information content (AvgIpc) is 2.36. The maximum absolute atomic E-state index is 6.29. The Labute approximate surface area is 123 Å². The zero-order valence-electron chi connectivity index (χ0n) is 12.8. The van der Waals surface area contributed by atoms with Gasteiger partial charge in [-0.1, -0.05) is 36.7 Å². The Kier molecular flexibility index (Phi) is 6.31. The molecule has 1 aromatic carbocycles. The van der Waals surface area contributed by atoms with E-state index in [-0.39, 0.29) is 5.54 Å². The summed E-state index contributed by atoms with van der Waals surface area (Å²) in [6.07, 6.45) is 2.09. The van der Waals surface area contributed by atoms with E-state index in [1.807, 2.05) is 12.1 Å². The van der Waals surface area contributed by atoms with E-state index in [0.717, 1.165) is 24.4 Å². The molecule has 0 aliphatic carbocycles. The van der Waals surface area contributed by atoms with Crippen molar-refractivity contribution >= 4 is 11.6 Å². The number of benzene rings is 1. The summed E-state index contributed by atoms with van der Waals surface area (Å²) in [6.45, 7) is 7.78. The molecule has 0 saturated carbocycles. The number of nitrogens with one attached hydrogen (secondary N) is 1. The van der Waals surface area contributed by atoms with Gasteiger partial charge >= 0.3 is 0 Å². The summed E-state index contributed by atoms with van der Waals surface area (Å²) >= 11 is 6.29. The molecule has 2 nitrogen and oxygen atoms in total. The van der Waals surface area contributed by atoms with Crippen LogP contribution in [-0.4, -0.2) is 37.1 Å². The molecule has 3 heteroatoms. The topological polar surface area (TPSA) is 15.3 Å². The van der Waals surface area contributed by atoms with Gasteiger partial charge in [-0.3, -0.25) is 0 Å². The highest BCUT2D eigenvalue weighted by molar-refractivity contribution is 6.31. The minimum absolute atomic E-state index is 0.0777. The molecule has 0 amide bonds. The van der Waals surface area contributed by atoms with Crippen molar-refractivity contribution in [3.8, 4) is 0 Å². The van der Waals surface area contributed by atoms with Crippen molar-refractivity contribution in [2.45, 2.75) is 45.2 Å². The molecule has 1 unspecified atom stereocenters. The molecule has 108 valence electrons. The van der Waals surface area contributed by atoms with Gasteiger partial charge in [0.05, 0.1) is 0 Å². The molecular weight excluding hydrogens is 256 g/mol. The van der Waals surface area contributed by atoms with E-state index in [9.17, 15) is 0 Å². The van der Waals surface area contributed by atoms with Crippen LogP contribution in [0.5, 0.6) is 0 Å². The second kappa shape index (κ2) is 7.28. The second-order valence-corrected chi connectivity index (χ2v) is 6.26. The van der Waals surface area contributed by atoms with Crippen LogP contribution in [0.3, 0.4) is 0 Å². The van der Waals surface area contributed by atoms with E-state index >= 15 is 0 Å². The summed E-state index contributed by atoms with van der Waals surface area (Å²) in [7, 11) is 4.26. The van der Waals surface area contributed by atoms with Crippen molar-refractivity contribution in [1.82, 2.24) is 10.2 Å². The Hall–Kier alpha value is -0.570. The average molecular weight is 283 g/mol. The van der Waals surface area contributed by atoms with Gasteiger partial charge in [-0.2, -0.15) is 0 Å². The van der Waals surface area contributed by atoms with Crippen molar-refractivity contribution in [2.24, 2.45) is 0 Å². The number of hydrogen-bond donors (Lipinski definition) is 1. The molecule has 19 heavy (non-hydrogen) atoms. The summed E-state index contributed by atoms with van der Waals surface area (Å²) in [6, 6.07) is 8.51. The third-order valence-corrected chi connectivity index (χ3v) is 4.40. The van der Waals surface area contributed by atoms with Gasteiger partial charge in [0, 0.05) is 16.6 Å². The minimum atomic E-state index is 0.0777. The Bertz CT molecular complexity index is 388. The normalized spacial score (nSPS) is 13.8. The van der Waals surface area contributed by atoms with Gasteiger partial charge < -0.3 is 10.2 Å². The summed E-state index contributed by atoms with van der Waals surface area (Å²) in [5, 5.41) is 4.53. The number of hydrogen-bond acceptors (Lipinski definition) is 2. The van der Waals surface area contributed by atoms with Crippen LogP contribution in [0.15, 0.2) is 24.3 Å². The van der Waals surface area contributed by atoms with Crippen molar-refractivity contribution < 1.29 is 0 Å². The lowest BCUT2D eigenvalue weighted by Gasteiger charge is -2.41. The Balaban J connectivity index is 2.89. The Morgan fingerprint density at radius 2 is 1.89 bits per heavy atom. The zero-order chi connectivity index (χ0) is 14.5. The molecule has 0 fully saturated rings. The Morgan fingerprint density at radius 3 is 2.42 bits per heavy atom. The number of nitrogens with zero attached hydrogens (tertiary/aromatic N) is 1. The van der Waals surface area contributed by atoms with Gasteiger partial charge in [-0.15, -0.1) is 0 Å². The van der Waals surface area contributed by atoms with Gasteiger partial charge in [0.1, 0.15) is 0 Å². The fraction of sp³-hybridized carbons (Fsp3) is 0.625. The van der Waals surface area contributed by atoms with Gasteiger partial charge in [-0.05, 0) is 59.0 Å². The molecule has 0 saturated heterocycles. The highest BCUT2D eigenvalue weighted by Gasteiger charge is 2.31. The van der Waals surface area contributed by atoms with E-state index < -0.39 is 0 Å². The van der Waals surface area contributed by atoms with Crippen LogP contribution in [0.2, 0.25) is 5.02 Å². The molecule has 1 rings (SSSR count). The van der Waals surface area contributed by atoms with Crippen LogP contribution in [0, 0.1) is 0 Å². The lowest BCUT2D eigenvalue weighted by molar-refractivity contribution is 0.137. The summed E-state index contributed by atoms with van der Waals surface area (Å²) < 4.78 is 0. The standard InChI is InChI=1S/C16H27ClN2/c1-6-11-18-15(16(2,3)19(4)5)12-13-9-7-8-10-14(13)17/h7-10,15,18H,6,11-12H2,1-5H3. The summed E-state index contributed by atoms with van der Waals surface area (Å²) in [5.41, 5.74) is 1.29. The van der Waals surface area contributed by atoms with Gasteiger partial charge in [0.25, 0.3) is 0 Å². The first-order chi connectivity index (χ1) is 8.89. The third kappa shape index (κ3) is 4.48. The number of rotatable bonds is 7. The third-order valence-electron chi connectivity index (χ3n) is 4.03. The summed E-state index contributed by atoms with van der Waals surface area (Å²) in [4.78, 5) is 2.27. The number of halogens is 1. The van der Waals surface area contributed by atoms with Crippen LogP contribution >= 0.6 is 11.6 Å². The molecule has 0 bridgehead atoms. The van der Waals surface area contributed by atoms with Crippen LogP contribution in [-0.2, 0) is 6.42 Å². The first kappa shape index (κ1) is 16.5. The molecule has 0 aromatic heterocycles. The molecule has 0 heterocycles. The Morgan fingerprint density at radius 1 is 1.26 bits per heavy atom. The predicted octanol–water partition coefficient (Wildman–Crippen LogP) is 3.59. The minimum Gasteiger partial charge on any atom is -0.312 e. The van der Waals surface area contributed by atoms with Gasteiger partial charge in [0.2, 0.25) is 0 Å². The predicted molar refractivity (Wildman–Crippen MR) is 85.0 cm³/mol. The van der Waals surface area contributed by atoms with E-state index in [1.54, 1.807) is 0 Å². The molecule has 0 spiro atoms. The van der Waals surface area contributed by atoms with Crippen LogP contribution in [0.4, 0.5) is 0 Å². The van der Waals surface area contributed by atoms with Crippen molar-refractivity contribution in [3.63, 3.8) is 0 Å². The molecule has 0 aliphatic heterocycles. The molecule has 1 aromatic rings. The first-order valence-electron chi connectivity index (χ1n) is 7.03. The van der Waals surface area contributed by atoms with E-state index in [2.05, 4.69) is 57.2 Å². The lowest BCUT2D eigenvalue weighted by atomic mass is 9.88. The fourth-order valence-electron chi connectivity index (χ4n) is 2.09. The monoisotopic (exact) mass is 282 g/mol. The maximum atomic E-state index is 6.29. The molecule has 0 radical (unpaired) electrons. The highest BCUT2D eigenvalue weighted by Crippen LogP contribution is 2.23. The van der Waals surface area contributed by atoms with Crippen molar-refractivity contribution in [3.05, 3.63) is 34.9 Å². The zero-order valence-corrected chi connectivity index (χ0v) is 13.6. The summed E-state index contributed by atoms with van der Waals surface area (Å²) in [5.74, 6) is 0. The van der Waals surface area contributed by atoms with Gasteiger partial charge in [-0.25, -0.2) is 0 Å². The largest absolute Gasteiger partial charge is 0.312 e. The molecule has 0 aliphatic rings. The number of likely N-dealkylation sites (N-methyl/N-ethyl adjacent to an activating group) is 1. The molecular formula is C16H27ClN2. The molecule has 1 atom stereocenters. The van der Waals surface area contributed by atoms with Crippen LogP contribution in [0.1, 0.15) is 32.8 Å². The van der Waals surface area contributed by atoms with E-state index in [4.69, 9.17) is 11.6 Å². The van der Waals surface area contributed by atoms with Crippen molar-refractivity contribution in [2.75, 3.05) is 20.6 Å². The first-order valence-corrected chi connectivity index (χ1v) is 7.41.